The molecule has 0 bridgehead atoms. The maximum absolute atomic E-state index is 6.33. The average molecular weight is 577 g/mol. The molecule has 45 heavy (non-hydrogen) atoms. The van der Waals surface area contributed by atoms with Crippen molar-refractivity contribution in [2.24, 2.45) is 0 Å². The highest BCUT2D eigenvalue weighted by Gasteiger charge is 2.19. The third-order valence-corrected chi connectivity index (χ3v) is 9.60. The number of aromatic nitrogens is 2. The molecule has 3 heteroatoms. The third kappa shape index (κ3) is 3.58. The molecule has 0 radical (unpaired) electrons. The van der Waals surface area contributed by atoms with Crippen LogP contribution in [0.15, 0.2) is 150 Å². The van der Waals surface area contributed by atoms with Crippen LogP contribution in [0.4, 0.5) is 0 Å². The van der Waals surface area contributed by atoms with Gasteiger partial charge in [0.1, 0.15) is 11.2 Å². The molecule has 3 aromatic heterocycles. The normalized spacial score (nSPS) is 13.6. The molecule has 0 unspecified atom stereocenters. The van der Waals surface area contributed by atoms with Gasteiger partial charge in [-0.1, -0.05) is 85.0 Å². The molecule has 1 aliphatic rings. The van der Waals surface area contributed by atoms with Crippen molar-refractivity contribution in [1.82, 2.24) is 9.13 Å². The number of hydrogen-bond acceptors (Lipinski definition) is 1. The Bertz CT molecular complexity index is 2690. The van der Waals surface area contributed by atoms with E-state index in [0.717, 1.165) is 40.5 Å². The molecule has 3 nitrogen and oxygen atoms in total. The number of hydrogen-bond donors (Lipinski definition) is 0. The Labute approximate surface area is 259 Å². The van der Waals surface area contributed by atoms with Gasteiger partial charge in [-0.2, -0.15) is 0 Å². The molecule has 212 valence electrons. The monoisotopic (exact) mass is 576 g/mol. The van der Waals surface area contributed by atoms with Crippen LogP contribution in [0.1, 0.15) is 18.4 Å². The van der Waals surface area contributed by atoms with Gasteiger partial charge in [0.15, 0.2) is 0 Å². The summed E-state index contributed by atoms with van der Waals surface area (Å²) in [6.07, 6.45) is 8.86. The van der Waals surface area contributed by atoms with Gasteiger partial charge < -0.3 is 13.6 Å². The standard InChI is InChI=1S/C42H28N2O/c1-2-10-27(11-3-1)28-18-20-29(21-19-28)43-37-15-7-4-12-31(37)35-25-36-32-13-5-8-16-38(32)44(40(36)26-39(35)43)30-22-23-34-33-14-6-9-17-41(33)45-42(34)24-30/h1-2,4-10,12-26H,3,11H2. The summed E-state index contributed by atoms with van der Waals surface area (Å²) >= 11 is 0. The highest BCUT2D eigenvalue weighted by Crippen LogP contribution is 2.40. The first kappa shape index (κ1) is 24.6. The Kier molecular flexibility index (Phi) is 5.11. The Balaban J connectivity index is 1.25. The molecule has 0 fully saturated rings. The molecule has 0 atom stereocenters. The second-order valence-electron chi connectivity index (χ2n) is 12.1. The molecule has 0 saturated heterocycles. The Morgan fingerprint density at radius 1 is 0.467 bits per heavy atom. The third-order valence-electron chi connectivity index (χ3n) is 9.60. The van der Waals surface area contributed by atoms with Crippen LogP contribution < -0.4 is 0 Å². The maximum Gasteiger partial charge on any atom is 0.137 e. The minimum atomic E-state index is 0.901. The minimum absolute atomic E-state index is 0.901. The number of para-hydroxylation sites is 3. The van der Waals surface area contributed by atoms with Crippen molar-refractivity contribution in [2.75, 3.05) is 0 Å². The summed E-state index contributed by atoms with van der Waals surface area (Å²) in [5.74, 6) is 0. The second kappa shape index (κ2) is 9.35. The number of benzene rings is 6. The van der Waals surface area contributed by atoms with E-state index in [4.69, 9.17) is 4.42 Å². The Morgan fingerprint density at radius 3 is 1.80 bits per heavy atom. The molecular weight excluding hydrogens is 548 g/mol. The number of fused-ring (bicyclic) bond motifs is 9. The summed E-state index contributed by atoms with van der Waals surface area (Å²) in [6.45, 7) is 0. The molecule has 10 rings (SSSR count). The summed E-state index contributed by atoms with van der Waals surface area (Å²) in [5, 5.41) is 7.31. The summed E-state index contributed by atoms with van der Waals surface area (Å²) in [6, 6.07) is 46.3. The molecule has 0 amide bonds. The highest BCUT2D eigenvalue weighted by molar-refractivity contribution is 6.19. The Hall–Kier alpha value is -5.80. The lowest BCUT2D eigenvalue weighted by atomic mass is 9.97. The van der Waals surface area contributed by atoms with Gasteiger partial charge in [0.25, 0.3) is 0 Å². The molecule has 0 saturated carbocycles. The zero-order valence-corrected chi connectivity index (χ0v) is 24.6. The predicted octanol–water partition coefficient (Wildman–Crippen LogP) is 11.5. The van der Waals surface area contributed by atoms with Crippen molar-refractivity contribution in [3.8, 4) is 11.4 Å². The van der Waals surface area contributed by atoms with Crippen LogP contribution in [0, 0.1) is 0 Å². The first-order valence-electron chi connectivity index (χ1n) is 15.7. The molecule has 1 aliphatic carbocycles. The van der Waals surface area contributed by atoms with Crippen molar-refractivity contribution >= 4 is 71.1 Å². The van der Waals surface area contributed by atoms with Crippen LogP contribution in [0.2, 0.25) is 0 Å². The zero-order valence-electron chi connectivity index (χ0n) is 24.6. The van der Waals surface area contributed by atoms with Gasteiger partial charge in [0, 0.05) is 49.8 Å². The fourth-order valence-electron chi connectivity index (χ4n) is 7.51. The van der Waals surface area contributed by atoms with Crippen molar-refractivity contribution in [3.63, 3.8) is 0 Å². The summed E-state index contributed by atoms with van der Waals surface area (Å²) in [7, 11) is 0. The molecular formula is C42H28N2O. The number of rotatable bonds is 3. The van der Waals surface area contributed by atoms with E-state index in [0.29, 0.717) is 0 Å². The predicted molar refractivity (Wildman–Crippen MR) is 189 cm³/mol. The topological polar surface area (TPSA) is 23.0 Å². The van der Waals surface area contributed by atoms with Crippen molar-refractivity contribution in [1.29, 1.82) is 0 Å². The summed E-state index contributed by atoms with van der Waals surface area (Å²) < 4.78 is 11.1. The van der Waals surface area contributed by atoms with E-state index < -0.39 is 0 Å². The number of allylic oxidation sites excluding steroid dienone is 4. The first-order chi connectivity index (χ1) is 22.3. The highest BCUT2D eigenvalue weighted by atomic mass is 16.3. The molecule has 0 aliphatic heterocycles. The number of furan rings is 1. The van der Waals surface area contributed by atoms with Crippen molar-refractivity contribution in [3.05, 3.63) is 151 Å². The van der Waals surface area contributed by atoms with Gasteiger partial charge >= 0.3 is 0 Å². The molecule has 3 heterocycles. The molecule has 0 N–H and O–H groups in total. The van der Waals surface area contributed by atoms with Gasteiger partial charge in [0.05, 0.1) is 22.1 Å². The van der Waals surface area contributed by atoms with E-state index in [-0.39, 0.29) is 0 Å². The van der Waals surface area contributed by atoms with Crippen LogP contribution in [0.3, 0.4) is 0 Å². The smallest absolute Gasteiger partial charge is 0.137 e. The van der Waals surface area contributed by atoms with E-state index in [1.165, 1.54) is 60.4 Å². The fourth-order valence-corrected chi connectivity index (χ4v) is 7.51. The van der Waals surface area contributed by atoms with E-state index in [9.17, 15) is 0 Å². The summed E-state index contributed by atoms with van der Waals surface area (Å²) in [5.41, 5.74) is 11.6. The van der Waals surface area contributed by atoms with Crippen LogP contribution in [-0.2, 0) is 0 Å². The largest absolute Gasteiger partial charge is 0.456 e. The van der Waals surface area contributed by atoms with Gasteiger partial charge in [-0.15, -0.1) is 0 Å². The van der Waals surface area contributed by atoms with Crippen LogP contribution in [0.5, 0.6) is 0 Å². The lowest BCUT2D eigenvalue weighted by Gasteiger charge is -2.12. The second-order valence-corrected chi connectivity index (χ2v) is 12.1. The van der Waals surface area contributed by atoms with E-state index in [1.807, 2.05) is 12.1 Å². The van der Waals surface area contributed by atoms with Gasteiger partial charge in [-0.25, -0.2) is 0 Å². The van der Waals surface area contributed by atoms with E-state index in [1.54, 1.807) is 0 Å². The number of nitrogens with zero attached hydrogens (tertiary/aromatic N) is 2. The van der Waals surface area contributed by atoms with Crippen LogP contribution in [-0.4, -0.2) is 9.13 Å². The van der Waals surface area contributed by atoms with Crippen LogP contribution >= 0.6 is 0 Å². The molecule has 6 aromatic carbocycles. The zero-order chi connectivity index (χ0) is 29.5. The summed E-state index contributed by atoms with van der Waals surface area (Å²) in [4.78, 5) is 0. The van der Waals surface area contributed by atoms with E-state index in [2.05, 4.69) is 143 Å². The SMILES string of the molecule is C1=CCCC(c2ccc(-n3c4ccccc4c4cc5c6ccccc6n(-c6ccc7c(c6)oc6ccccc67)c5cc43)cc2)=C1. The molecule has 0 spiro atoms. The van der Waals surface area contributed by atoms with Crippen molar-refractivity contribution < 1.29 is 4.42 Å². The van der Waals surface area contributed by atoms with E-state index >= 15 is 0 Å². The Morgan fingerprint density at radius 2 is 1.09 bits per heavy atom. The average Bonchev–Trinajstić information content (AvgIpc) is 3.74. The minimum Gasteiger partial charge on any atom is -0.456 e. The maximum atomic E-state index is 6.33. The molecule has 9 aromatic rings. The fraction of sp³-hybridized carbons (Fsp3) is 0.0476. The van der Waals surface area contributed by atoms with Crippen molar-refractivity contribution in [2.45, 2.75) is 12.8 Å². The van der Waals surface area contributed by atoms with Gasteiger partial charge in [-0.05, 0) is 78.6 Å². The van der Waals surface area contributed by atoms with Crippen LogP contribution in [0.25, 0.3) is 82.5 Å². The van der Waals surface area contributed by atoms with Gasteiger partial charge in [0.2, 0.25) is 0 Å². The first-order valence-corrected chi connectivity index (χ1v) is 15.7. The lowest BCUT2D eigenvalue weighted by molar-refractivity contribution is 0.668. The van der Waals surface area contributed by atoms with Gasteiger partial charge in [-0.3, -0.25) is 0 Å². The quantitative estimate of drug-likeness (QED) is 0.205. The lowest BCUT2D eigenvalue weighted by Crippen LogP contribution is -1.96.